The van der Waals surface area contributed by atoms with Crippen molar-refractivity contribution in [2.24, 2.45) is 5.92 Å². The van der Waals surface area contributed by atoms with Crippen LogP contribution in [0, 0.1) is 5.92 Å². The Kier molecular flexibility index (Phi) is 3.37. The summed E-state index contributed by atoms with van der Waals surface area (Å²) in [5.74, 6) is 0.918. The Labute approximate surface area is 92.1 Å². The summed E-state index contributed by atoms with van der Waals surface area (Å²) in [6.45, 7) is 4.47. The highest BCUT2D eigenvalue weighted by atomic mass is 15.0. The third-order valence-electron chi connectivity index (χ3n) is 3.23. The fourth-order valence-electron chi connectivity index (χ4n) is 2.12. The standard InChI is InChI=1S/C13H20N2/c1-3-12(11-7-8-11)15-10(2)13-6-4-5-9-14-13/h4-6,9-12,15H,3,7-8H2,1-2H3/t10-,12?/m0/s1. The van der Waals surface area contributed by atoms with Crippen LogP contribution in [0.5, 0.6) is 0 Å². The third kappa shape index (κ3) is 2.78. The van der Waals surface area contributed by atoms with Crippen LogP contribution in [0.2, 0.25) is 0 Å². The molecule has 1 fully saturated rings. The lowest BCUT2D eigenvalue weighted by Crippen LogP contribution is -2.33. The van der Waals surface area contributed by atoms with Gasteiger partial charge in [0.1, 0.15) is 0 Å². The molecule has 1 unspecified atom stereocenters. The number of rotatable bonds is 5. The maximum Gasteiger partial charge on any atom is 0.0570 e. The minimum absolute atomic E-state index is 0.372. The van der Waals surface area contributed by atoms with Crippen molar-refractivity contribution in [1.82, 2.24) is 10.3 Å². The summed E-state index contributed by atoms with van der Waals surface area (Å²) in [6, 6.07) is 7.17. The Hall–Kier alpha value is -0.890. The molecule has 0 aromatic carbocycles. The Morgan fingerprint density at radius 3 is 2.80 bits per heavy atom. The average molecular weight is 204 g/mol. The van der Waals surface area contributed by atoms with E-state index in [0.717, 1.165) is 11.6 Å². The molecule has 0 saturated heterocycles. The zero-order valence-corrected chi connectivity index (χ0v) is 9.61. The molecule has 0 bridgehead atoms. The highest BCUT2D eigenvalue weighted by Crippen LogP contribution is 2.34. The summed E-state index contributed by atoms with van der Waals surface area (Å²) in [6.07, 6.45) is 5.90. The van der Waals surface area contributed by atoms with E-state index in [-0.39, 0.29) is 0 Å². The monoisotopic (exact) mass is 204 g/mol. The van der Waals surface area contributed by atoms with E-state index in [1.54, 1.807) is 0 Å². The van der Waals surface area contributed by atoms with E-state index in [4.69, 9.17) is 0 Å². The van der Waals surface area contributed by atoms with Crippen LogP contribution in [-0.2, 0) is 0 Å². The van der Waals surface area contributed by atoms with Crippen LogP contribution in [0.25, 0.3) is 0 Å². The van der Waals surface area contributed by atoms with Crippen molar-refractivity contribution in [2.75, 3.05) is 0 Å². The molecule has 15 heavy (non-hydrogen) atoms. The zero-order valence-electron chi connectivity index (χ0n) is 9.61. The number of hydrogen-bond donors (Lipinski definition) is 1. The van der Waals surface area contributed by atoms with Gasteiger partial charge in [0.05, 0.1) is 5.69 Å². The first-order valence-electron chi connectivity index (χ1n) is 5.98. The first-order chi connectivity index (χ1) is 7.31. The van der Waals surface area contributed by atoms with E-state index in [0.29, 0.717) is 12.1 Å². The fourth-order valence-corrected chi connectivity index (χ4v) is 2.12. The number of nitrogens with zero attached hydrogens (tertiary/aromatic N) is 1. The molecule has 1 aromatic heterocycles. The Morgan fingerprint density at radius 2 is 2.27 bits per heavy atom. The molecule has 0 spiro atoms. The van der Waals surface area contributed by atoms with Gasteiger partial charge >= 0.3 is 0 Å². The van der Waals surface area contributed by atoms with Crippen molar-refractivity contribution >= 4 is 0 Å². The second kappa shape index (κ2) is 4.75. The lowest BCUT2D eigenvalue weighted by Gasteiger charge is -2.21. The van der Waals surface area contributed by atoms with Gasteiger partial charge in [-0.1, -0.05) is 13.0 Å². The molecule has 0 amide bonds. The molecule has 1 N–H and O–H groups in total. The van der Waals surface area contributed by atoms with Gasteiger partial charge in [-0.25, -0.2) is 0 Å². The quantitative estimate of drug-likeness (QED) is 0.797. The number of pyridine rings is 1. The maximum absolute atomic E-state index is 4.38. The van der Waals surface area contributed by atoms with Crippen LogP contribution < -0.4 is 5.32 Å². The smallest absolute Gasteiger partial charge is 0.0570 e. The Balaban J connectivity index is 1.93. The van der Waals surface area contributed by atoms with Crippen molar-refractivity contribution in [3.8, 4) is 0 Å². The van der Waals surface area contributed by atoms with E-state index in [2.05, 4.69) is 36.3 Å². The molecule has 82 valence electrons. The molecule has 0 radical (unpaired) electrons. The molecule has 2 rings (SSSR count). The van der Waals surface area contributed by atoms with E-state index >= 15 is 0 Å². The van der Waals surface area contributed by atoms with E-state index in [1.807, 2.05) is 12.3 Å². The summed E-state index contributed by atoms with van der Waals surface area (Å²) in [4.78, 5) is 4.38. The van der Waals surface area contributed by atoms with Gasteiger partial charge in [0.15, 0.2) is 0 Å². The lowest BCUT2D eigenvalue weighted by atomic mass is 10.1. The van der Waals surface area contributed by atoms with Crippen LogP contribution in [0.3, 0.4) is 0 Å². The van der Waals surface area contributed by atoms with Crippen molar-refractivity contribution in [3.05, 3.63) is 30.1 Å². The average Bonchev–Trinajstić information content (AvgIpc) is 3.10. The van der Waals surface area contributed by atoms with Gasteiger partial charge in [-0.15, -0.1) is 0 Å². The highest BCUT2D eigenvalue weighted by molar-refractivity contribution is 5.08. The molecule has 1 heterocycles. The van der Waals surface area contributed by atoms with Crippen molar-refractivity contribution in [2.45, 2.75) is 45.2 Å². The van der Waals surface area contributed by atoms with Crippen molar-refractivity contribution < 1.29 is 0 Å². The summed E-state index contributed by atoms with van der Waals surface area (Å²) in [5.41, 5.74) is 1.15. The van der Waals surface area contributed by atoms with Crippen LogP contribution in [0.1, 0.15) is 44.8 Å². The molecule has 2 nitrogen and oxygen atoms in total. The lowest BCUT2D eigenvalue weighted by molar-refractivity contribution is 0.400. The number of aromatic nitrogens is 1. The molecule has 1 saturated carbocycles. The Morgan fingerprint density at radius 1 is 1.47 bits per heavy atom. The normalized spacial score (nSPS) is 19.9. The summed E-state index contributed by atoms with van der Waals surface area (Å²) in [7, 11) is 0. The predicted molar refractivity (Wildman–Crippen MR) is 62.6 cm³/mol. The molecule has 1 aromatic rings. The van der Waals surface area contributed by atoms with Crippen LogP contribution in [-0.4, -0.2) is 11.0 Å². The first kappa shape index (κ1) is 10.6. The van der Waals surface area contributed by atoms with Crippen LogP contribution >= 0.6 is 0 Å². The summed E-state index contributed by atoms with van der Waals surface area (Å²) >= 11 is 0. The molecule has 1 aliphatic carbocycles. The van der Waals surface area contributed by atoms with Crippen LogP contribution in [0.15, 0.2) is 24.4 Å². The molecular formula is C13H20N2. The van der Waals surface area contributed by atoms with E-state index < -0.39 is 0 Å². The van der Waals surface area contributed by atoms with E-state index in [9.17, 15) is 0 Å². The third-order valence-corrected chi connectivity index (χ3v) is 3.23. The van der Waals surface area contributed by atoms with Gasteiger partial charge in [0, 0.05) is 18.3 Å². The molecule has 1 aliphatic rings. The van der Waals surface area contributed by atoms with E-state index in [1.165, 1.54) is 19.3 Å². The van der Waals surface area contributed by atoms with Gasteiger partial charge in [-0.2, -0.15) is 0 Å². The van der Waals surface area contributed by atoms with Gasteiger partial charge < -0.3 is 5.32 Å². The molecular weight excluding hydrogens is 184 g/mol. The Bertz CT molecular complexity index is 293. The fraction of sp³-hybridized carbons (Fsp3) is 0.615. The van der Waals surface area contributed by atoms with Crippen LogP contribution in [0.4, 0.5) is 0 Å². The minimum Gasteiger partial charge on any atom is -0.306 e. The second-order valence-corrected chi connectivity index (χ2v) is 4.50. The number of nitrogens with one attached hydrogen (secondary N) is 1. The van der Waals surface area contributed by atoms with Gasteiger partial charge in [-0.3, -0.25) is 4.98 Å². The minimum atomic E-state index is 0.372. The highest BCUT2D eigenvalue weighted by Gasteiger charge is 2.30. The molecule has 0 aliphatic heterocycles. The number of hydrogen-bond acceptors (Lipinski definition) is 2. The zero-order chi connectivity index (χ0) is 10.7. The first-order valence-corrected chi connectivity index (χ1v) is 5.98. The largest absolute Gasteiger partial charge is 0.306 e. The molecule has 2 heteroatoms. The second-order valence-electron chi connectivity index (χ2n) is 4.50. The van der Waals surface area contributed by atoms with Gasteiger partial charge in [0.2, 0.25) is 0 Å². The van der Waals surface area contributed by atoms with Crippen molar-refractivity contribution in [1.29, 1.82) is 0 Å². The molecule has 2 atom stereocenters. The topological polar surface area (TPSA) is 24.9 Å². The predicted octanol–water partition coefficient (Wildman–Crippen LogP) is 2.92. The summed E-state index contributed by atoms with van der Waals surface area (Å²) in [5, 5.41) is 3.68. The van der Waals surface area contributed by atoms with Gasteiger partial charge in [-0.05, 0) is 44.2 Å². The SMILES string of the molecule is CCC(N[C@@H](C)c1ccccn1)C1CC1. The maximum atomic E-state index is 4.38. The summed E-state index contributed by atoms with van der Waals surface area (Å²) < 4.78 is 0. The van der Waals surface area contributed by atoms with Gasteiger partial charge in [0.25, 0.3) is 0 Å². The van der Waals surface area contributed by atoms with Crippen molar-refractivity contribution in [3.63, 3.8) is 0 Å².